The summed E-state index contributed by atoms with van der Waals surface area (Å²) in [6.45, 7) is 0.878. The number of sulfonamides is 1. The van der Waals surface area contributed by atoms with Crippen LogP contribution in [-0.4, -0.2) is 34.3 Å². The van der Waals surface area contributed by atoms with E-state index in [1.165, 1.54) is 11.3 Å². The quantitative estimate of drug-likeness (QED) is 0.787. The van der Waals surface area contributed by atoms with Gasteiger partial charge in [-0.2, -0.15) is 0 Å². The van der Waals surface area contributed by atoms with Gasteiger partial charge in [-0.15, -0.1) is 11.3 Å². The van der Waals surface area contributed by atoms with Gasteiger partial charge in [-0.05, 0) is 25.6 Å². The van der Waals surface area contributed by atoms with Crippen molar-refractivity contribution in [2.75, 3.05) is 25.9 Å². The van der Waals surface area contributed by atoms with Crippen molar-refractivity contribution in [1.29, 1.82) is 0 Å². The Kier molecular flexibility index (Phi) is 5.71. The first-order valence-electron chi connectivity index (χ1n) is 4.89. The van der Waals surface area contributed by atoms with Gasteiger partial charge in [0.15, 0.2) is 0 Å². The lowest BCUT2D eigenvalue weighted by molar-refractivity contribution is 0.579. The molecule has 0 saturated heterocycles. The van der Waals surface area contributed by atoms with Crippen molar-refractivity contribution in [1.82, 2.24) is 10.0 Å². The molecule has 0 aromatic carbocycles. The summed E-state index contributed by atoms with van der Waals surface area (Å²) in [5, 5.41) is 2.80. The van der Waals surface area contributed by atoms with E-state index in [0.717, 1.165) is 9.21 Å². The van der Waals surface area contributed by atoms with Crippen LogP contribution in [-0.2, 0) is 16.4 Å². The highest BCUT2D eigenvalue weighted by atomic mass is 35.5. The Morgan fingerprint density at radius 1 is 1.38 bits per heavy atom. The van der Waals surface area contributed by atoms with E-state index < -0.39 is 10.0 Å². The van der Waals surface area contributed by atoms with E-state index >= 15 is 0 Å². The highest BCUT2D eigenvalue weighted by Gasteiger charge is 2.08. The SMILES string of the molecule is CNCCS(=O)(=O)NCCc1ccc(Cl)s1. The Hall–Kier alpha value is -0.140. The molecular formula is C9H15ClN2O2S2. The molecule has 4 nitrogen and oxygen atoms in total. The van der Waals surface area contributed by atoms with Crippen LogP contribution in [0.15, 0.2) is 12.1 Å². The average Bonchev–Trinajstić information content (AvgIpc) is 2.61. The lowest BCUT2D eigenvalue weighted by Crippen LogP contribution is -2.32. The summed E-state index contributed by atoms with van der Waals surface area (Å²) >= 11 is 7.24. The fourth-order valence-corrected chi connectivity index (χ4v) is 3.24. The van der Waals surface area contributed by atoms with Crippen LogP contribution in [0.3, 0.4) is 0 Å². The largest absolute Gasteiger partial charge is 0.319 e. The standard InChI is InChI=1S/C9H15ClN2O2S2/c1-11-6-7-16(13,14)12-5-4-8-2-3-9(10)15-8/h2-3,11-12H,4-7H2,1H3. The summed E-state index contributed by atoms with van der Waals surface area (Å²) in [7, 11) is -1.42. The minimum absolute atomic E-state index is 0.106. The van der Waals surface area contributed by atoms with Crippen molar-refractivity contribution in [2.45, 2.75) is 6.42 Å². The normalized spacial score (nSPS) is 11.9. The van der Waals surface area contributed by atoms with E-state index in [1.54, 1.807) is 7.05 Å². The summed E-state index contributed by atoms with van der Waals surface area (Å²) in [6, 6.07) is 3.73. The second-order valence-corrected chi connectivity index (χ2v) is 7.00. The molecule has 0 aliphatic heterocycles. The molecule has 0 bridgehead atoms. The third-order valence-electron chi connectivity index (χ3n) is 1.94. The van der Waals surface area contributed by atoms with Gasteiger partial charge in [0.05, 0.1) is 10.1 Å². The highest BCUT2D eigenvalue weighted by Crippen LogP contribution is 2.21. The Morgan fingerprint density at radius 3 is 2.69 bits per heavy atom. The smallest absolute Gasteiger partial charge is 0.212 e. The van der Waals surface area contributed by atoms with Gasteiger partial charge < -0.3 is 5.32 Å². The lowest BCUT2D eigenvalue weighted by atomic mass is 10.3. The van der Waals surface area contributed by atoms with Crippen molar-refractivity contribution in [2.24, 2.45) is 0 Å². The second-order valence-electron chi connectivity index (χ2n) is 3.27. The van der Waals surface area contributed by atoms with Gasteiger partial charge in [0.2, 0.25) is 10.0 Å². The van der Waals surface area contributed by atoms with Gasteiger partial charge in [0.1, 0.15) is 0 Å². The molecule has 0 spiro atoms. The Morgan fingerprint density at radius 2 is 2.12 bits per heavy atom. The molecule has 0 atom stereocenters. The van der Waals surface area contributed by atoms with Crippen LogP contribution in [0.1, 0.15) is 4.88 Å². The molecule has 1 rings (SSSR count). The topological polar surface area (TPSA) is 58.2 Å². The number of hydrogen-bond acceptors (Lipinski definition) is 4. The van der Waals surface area contributed by atoms with Crippen LogP contribution in [0.4, 0.5) is 0 Å². The number of halogens is 1. The third kappa shape index (κ3) is 5.27. The summed E-state index contributed by atoms with van der Waals surface area (Å²) in [4.78, 5) is 1.08. The summed E-state index contributed by atoms with van der Waals surface area (Å²) in [5.41, 5.74) is 0. The molecule has 0 saturated carbocycles. The van der Waals surface area contributed by atoms with E-state index in [0.29, 0.717) is 19.5 Å². The summed E-state index contributed by atoms with van der Waals surface area (Å²) in [5.74, 6) is 0.106. The van der Waals surface area contributed by atoms with Crippen LogP contribution >= 0.6 is 22.9 Å². The van der Waals surface area contributed by atoms with E-state index in [4.69, 9.17) is 11.6 Å². The zero-order chi connectivity index (χ0) is 12.0. The zero-order valence-corrected chi connectivity index (χ0v) is 11.4. The molecule has 92 valence electrons. The molecule has 0 radical (unpaired) electrons. The number of hydrogen-bond donors (Lipinski definition) is 2. The van der Waals surface area contributed by atoms with Crippen LogP contribution in [0.5, 0.6) is 0 Å². The molecular weight excluding hydrogens is 268 g/mol. The number of nitrogens with one attached hydrogen (secondary N) is 2. The van der Waals surface area contributed by atoms with E-state index in [9.17, 15) is 8.42 Å². The molecule has 0 unspecified atom stereocenters. The summed E-state index contributed by atoms with van der Waals surface area (Å²) < 4.78 is 26.1. The lowest BCUT2D eigenvalue weighted by Gasteiger charge is -2.05. The number of thiophene rings is 1. The van der Waals surface area contributed by atoms with Crippen LogP contribution in [0.25, 0.3) is 0 Å². The predicted molar refractivity (Wildman–Crippen MR) is 68.7 cm³/mol. The van der Waals surface area contributed by atoms with Crippen molar-refractivity contribution in [3.05, 3.63) is 21.3 Å². The number of rotatable bonds is 7. The molecule has 1 aromatic rings. The maximum atomic E-state index is 11.4. The van der Waals surface area contributed by atoms with Crippen molar-refractivity contribution >= 4 is 33.0 Å². The van der Waals surface area contributed by atoms with E-state index in [1.807, 2.05) is 12.1 Å². The molecule has 1 heterocycles. The molecule has 16 heavy (non-hydrogen) atoms. The minimum Gasteiger partial charge on any atom is -0.319 e. The minimum atomic E-state index is -3.15. The highest BCUT2D eigenvalue weighted by molar-refractivity contribution is 7.89. The van der Waals surface area contributed by atoms with Crippen molar-refractivity contribution in [3.8, 4) is 0 Å². The maximum absolute atomic E-state index is 11.4. The first-order valence-corrected chi connectivity index (χ1v) is 7.74. The maximum Gasteiger partial charge on any atom is 0.212 e. The molecule has 0 fully saturated rings. The molecule has 0 aliphatic carbocycles. The van der Waals surface area contributed by atoms with Crippen LogP contribution in [0, 0.1) is 0 Å². The second kappa shape index (κ2) is 6.56. The zero-order valence-electron chi connectivity index (χ0n) is 8.99. The fraction of sp³-hybridized carbons (Fsp3) is 0.556. The van der Waals surface area contributed by atoms with Crippen molar-refractivity contribution < 1.29 is 8.42 Å². The average molecular weight is 283 g/mol. The Bertz CT molecular complexity index is 417. The summed E-state index contributed by atoms with van der Waals surface area (Å²) in [6.07, 6.45) is 0.677. The Balaban J connectivity index is 2.29. The molecule has 0 aliphatic rings. The molecule has 0 amide bonds. The molecule has 1 aromatic heterocycles. The van der Waals surface area contributed by atoms with Gasteiger partial charge in [0.25, 0.3) is 0 Å². The van der Waals surface area contributed by atoms with Crippen LogP contribution in [0.2, 0.25) is 4.34 Å². The van der Waals surface area contributed by atoms with Gasteiger partial charge in [-0.3, -0.25) is 0 Å². The first-order chi connectivity index (χ1) is 7.53. The predicted octanol–water partition coefficient (Wildman–Crippen LogP) is 1.08. The van der Waals surface area contributed by atoms with E-state index in [-0.39, 0.29) is 5.75 Å². The monoisotopic (exact) mass is 282 g/mol. The van der Waals surface area contributed by atoms with Gasteiger partial charge in [0, 0.05) is 18.0 Å². The Labute approximate surface area is 105 Å². The van der Waals surface area contributed by atoms with Gasteiger partial charge in [-0.25, -0.2) is 13.1 Å². The van der Waals surface area contributed by atoms with Gasteiger partial charge >= 0.3 is 0 Å². The fourth-order valence-electron chi connectivity index (χ4n) is 1.12. The van der Waals surface area contributed by atoms with Crippen LogP contribution < -0.4 is 10.0 Å². The third-order valence-corrected chi connectivity index (χ3v) is 4.62. The van der Waals surface area contributed by atoms with Crippen molar-refractivity contribution in [3.63, 3.8) is 0 Å². The first kappa shape index (κ1) is 13.9. The van der Waals surface area contributed by atoms with E-state index in [2.05, 4.69) is 10.0 Å². The van der Waals surface area contributed by atoms with Gasteiger partial charge in [-0.1, -0.05) is 11.6 Å². The molecule has 2 N–H and O–H groups in total. The molecule has 7 heteroatoms.